The van der Waals surface area contributed by atoms with E-state index >= 15 is 0 Å². The zero-order valence-electron chi connectivity index (χ0n) is 13.8. The molecule has 1 saturated carbocycles. The molecule has 0 aliphatic heterocycles. The van der Waals surface area contributed by atoms with Crippen LogP contribution in [0, 0.1) is 5.92 Å². The molecule has 23 heavy (non-hydrogen) atoms. The molecule has 2 amide bonds. The molecule has 0 atom stereocenters. The summed E-state index contributed by atoms with van der Waals surface area (Å²) in [5, 5.41) is 0. The molecule has 5 heteroatoms. The first-order valence-corrected chi connectivity index (χ1v) is 8.38. The fraction of sp³-hybridized carbons (Fsp3) is 0.556. The van der Waals surface area contributed by atoms with Crippen molar-refractivity contribution in [2.24, 2.45) is 5.92 Å². The maximum atomic E-state index is 11.8. The third kappa shape index (κ3) is 6.30. The second-order valence-corrected chi connectivity index (χ2v) is 6.16. The Morgan fingerprint density at radius 1 is 1.04 bits per heavy atom. The van der Waals surface area contributed by atoms with Crippen LogP contribution in [0.2, 0.25) is 0 Å². The van der Waals surface area contributed by atoms with Crippen LogP contribution in [-0.4, -0.2) is 18.9 Å². The summed E-state index contributed by atoms with van der Waals surface area (Å²) < 4.78 is 5.07. The van der Waals surface area contributed by atoms with E-state index in [1.165, 1.54) is 32.1 Å². The second-order valence-electron chi connectivity index (χ2n) is 6.16. The van der Waals surface area contributed by atoms with Gasteiger partial charge in [-0.05, 0) is 30.0 Å². The van der Waals surface area contributed by atoms with E-state index in [1.54, 1.807) is 7.11 Å². The number of amides is 2. The predicted octanol–water partition coefficient (Wildman–Crippen LogP) is 2.75. The first-order valence-electron chi connectivity index (χ1n) is 8.38. The molecule has 0 radical (unpaired) electrons. The summed E-state index contributed by atoms with van der Waals surface area (Å²) in [7, 11) is 1.60. The Morgan fingerprint density at radius 3 is 2.35 bits per heavy atom. The molecule has 1 aliphatic rings. The van der Waals surface area contributed by atoms with Gasteiger partial charge in [-0.3, -0.25) is 20.4 Å². The zero-order chi connectivity index (χ0) is 16.5. The average Bonchev–Trinajstić information content (AvgIpc) is 2.60. The molecular weight excluding hydrogens is 292 g/mol. The lowest BCUT2D eigenvalue weighted by Crippen LogP contribution is -2.42. The lowest BCUT2D eigenvalue weighted by atomic mass is 9.86. The molecular formula is C18H26N2O3. The van der Waals surface area contributed by atoms with Gasteiger partial charge in [-0.15, -0.1) is 0 Å². The molecule has 1 aromatic carbocycles. The summed E-state index contributed by atoms with van der Waals surface area (Å²) >= 11 is 0. The third-order valence-corrected chi connectivity index (χ3v) is 4.37. The van der Waals surface area contributed by atoms with Crippen LogP contribution in [0.1, 0.15) is 50.5 Å². The van der Waals surface area contributed by atoms with Crippen molar-refractivity contribution in [1.82, 2.24) is 10.9 Å². The van der Waals surface area contributed by atoms with E-state index < -0.39 is 0 Å². The molecule has 0 saturated heterocycles. The van der Waals surface area contributed by atoms with Gasteiger partial charge < -0.3 is 4.74 Å². The predicted molar refractivity (Wildman–Crippen MR) is 88.8 cm³/mol. The molecule has 1 aliphatic carbocycles. The lowest BCUT2D eigenvalue weighted by Gasteiger charge is -2.21. The number of hydrogen-bond donors (Lipinski definition) is 2. The van der Waals surface area contributed by atoms with Gasteiger partial charge in [-0.25, -0.2) is 0 Å². The maximum Gasteiger partial charge on any atom is 0.242 e. The summed E-state index contributed by atoms with van der Waals surface area (Å²) in [5.74, 6) is 1.09. The molecule has 126 valence electrons. The Labute approximate surface area is 137 Å². The Balaban J connectivity index is 1.63. The van der Waals surface area contributed by atoms with Crippen LogP contribution < -0.4 is 15.6 Å². The summed E-state index contributed by atoms with van der Waals surface area (Å²) in [6.45, 7) is 0. The van der Waals surface area contributed by atoms with Gasteiger partial charge in [-0.2, -0.15) is 0 Å². The molecule has 1 fully saturated rings. The molecule has 1 aromatic rings. The Morgan fingerprint density at radius 2 is 1.70 bits per heavy atom. The van der Waals surface area contributed by atoms with Crippen LogP contribution in [-0.2, 0) is 16.0 Å². The number of rotatable bonds is 6. The first-order chi connectivity index (χ1) is 11.2. The second kappa shape index (κ2) is 9.18. The minimum atomic E-state index is -0.221. The van der Waals surface area contributed by atoms with Crippen molar-refractivity contribution in [1.29, 1.82) is 0 Å². The minimum Gasteiger partial charge on any atom is -0.497 e. The molecule has 2 N–H and O–H groups in total. The highest BCUT2D eigenvalue weighted by atomic mass is 16.5. The zero-order valence-corrected chi connectivity index (χ0v) is 13.8. The standard InChI is InChI=1S/C18H26N2O3/c1-23-16-10-7-15(8-11-16)13-18(22)20-19-17(21)12-9-14-5-3-2-4-6-14/h7-8,10-11,14H,2-6,9,12-13H2,1H3,(H,19,21)(H,20,22). The molecule has 0 heterocycles. The number of benzene rings is 1. The third-order valence-electron chi connectivity index (χ3n) is 4.37. The molecule has 0 aromatic heterocycles. The number of carbonyl (C=O) groups excluding carboxylic acids is 2. The highest BCUT2D eigenvalue weighted by Crippen LogP contribution is 2.27. The van der Waals surface area contributed by atoms with Gasteiger partial charge in [0, 0.05) is 6.42 Å². The monoisotopic (exact) mass is 318 g/mol. The number of hydrogen-bond acceptors (Lipinski definition) is 3. The van der Waals surface area contributed by atoms with Gasteiger partial charge in [-0.1, -0.05) is 44.2 Å². The lowest BCUT2D eigenvalue weighted by molar-refractivity contribution is -0.128. The van der Waals surface area contributed by atoms with Crippen LogP contribution >= 0.6 is 0 Å². The topological polar surface area (TPSA) is 67.4 Å². The Kier molecular flexibility index (Phi) is 6.91. The van der Waals surface area contributed by atoms with E-state index in [-0.39, 0.29) is 18.2 Å². The van der Waals surface area contributed by atoms with Gasteiger partial charge in [0.1, 0.15) is 5.75 Å². The van der Waals surface area contributed by atoms with Crippen molar-refractivity contribution >= 4 is 11.8 Å². The van der Waals surface area contributed by atoms with Gasteiger partial charge in [0.2, 0.25) is 11.8 Å². The number of carbonyl (C=O) groups is 2. The Hall–Kier alpha value is -2.04. The van der Waals surface area contributed by atoms with E-state index in [2.05, 4.69) is 10.9 Å². The average molecular weight is 318 g/mol. The van der Waals surface area contributed by atoms with Crippen LogP contribution in [0.5, 0.6) is 5.75 Å². The smallest absolute Gasteiger partial charge is 0.242 e. The van der Waals surface area contributed by atoms with Crippen molar-refractivity contribution in [3.05, 3.63) is 29.8 Å². The first kappa shape index (κ1) is 17.3. The fourth-order valence-corrected chi connectivity index (χ4v) is 2.99. The molecule has 0 spiro atoms. The summed E-state index contributed by atoms with van der Waals surface area (Å²) in [6.07, 6.45) is 7.98. The summed E-state index contributed by atoms with van der Waals surface area (Å²) in [6, 6.07) is 7.29. The number of methoxy groups -OCH3 is 1. The number of ether oxygens (including phenoxy) is 1. The Bertz CT molecular complexity index is 508. The molecule has 0 bridgehead atoms. The van der Waals surface area contributed by atoms with Crippen molar-refractivity contribution in [3.63, 3.8) is 0 Å². The summed E-state index contributed by atoms with van der Waals surface area (Å²) in [5.41, 5.74) is 5.85. The largest absolute Gasteiger partial charge is 0.497 e. The maximum absolute atomic E-state index is 11.8. The molecule has 0 unspecified atom stereocenters. The quantitative estimate of drug-likeness (QED) is 0.793. The van der Waals surface area contributed by atoms with Crippen LogP contribution in [0.4, 0.5) is 0 Å². The van der Waals surface area contributed by atoms with E-state index in [0.717, 1.165) is 17.7 Å². The van der Waals surface area contributed by atoms with Gasteiger partial charge in [0.25, 0.3) is 0 Å². The van der Waals surface area contributed by atoms with Crippen LogP contribution in [0.3, 0.4) is 0 Å². The van der Waals surface area contributed by atoms with Crippen LogP contribution in [0.15, 0.2) is 24.3 Å². The van der Waals surface area contributed by atoms with Crippen molar-refractivity contribution in [2.45, 2.75) is 51.4 Å². The van der Waals surface area contributed by atoms with E-state index in [4.69, 9.17) is 4.74 Å². The molecule has 2 rings (SSSR count). The number of hydrazine groups is 1. The van der Waals surface area contributed by atoms with E-state index in [1.807, 2.05) is 24.3 Å². The van der Waals surface area contributed by atoms with Gasteiger partial charge in [0.05, 0.1) is 13.5 Å². The van der Waals surface area contributed by atoms with Crippen molar-refractivity contribution in [2.75, 3.05) is 7.11 Å². The van der Waals surface area contributed by atoms with E-state index in [0.29, 0.717) is 12.3 Å². The van der Waals surface area contributed by atoms with Crippen LogP contribution in [0.25, 0.3) is 0 Å². The highest BCUT2D eigenvalue weighted by molar-refractivity contribution is 5.83. The SMILES string of the molecule is COc1ccc(CC(=O)NNC(=O)CCC2CCCCC2)cc1. The van der Waals surface area contributed by atoms with E-state index in [9.17, 15) is 9.59 Å². The fourth-order valence-electron chi connectivity index (χ4n) is 2.99. The van der Waals surface area contributed by atoms with Crippen molar-refractivity contribution < 1.29 is 14.3 Å². The number of nitrogens with one attached hydrogen (secondary N) is 2. The highest BCUT2D eigenvalue weighted by Gasteiger charge is 2.15. The van der Waals surface area contributed by atoms with Gasteiger partial charge in [0.15, 0.2) is 0 Å². The normalized spacial score (nSPS) is 15.0. The van der Waals surface area contributed by atoms with Gasteiger partial charge >= 0.3 is 0 Å². The minimum absolute atomic E-state index is 0.112. The molecule has 5 nitrogen and oxygen atoms in total. The summed E-state index contributed by atoms with van der Waals surface area (Å²) in [4.78, 5) is 23.6. The van der Waals surface area contributed by atoms with Crippen molar-refractivity contribution in [3.8, 4) is 5.75 Å².